The Hall–Kier alpha value is -0.390. The van der Waals surface area contributed by atoms with Gasteiger partial charge in [-0.3, -0.25) is 0 Å². The minimum atomic E-state index is -3.18. The Morgan fingerprint density at radius 3 is 2.64 bits per heavy atom. The minimum Gasteiger partial charge on any atom is -0.396 e. The zero-order valence-electron chi connectivity index (χ0n) is 6.28. The second-order valence-electron chi connectivity index (χ2n) is 2.04. The highest BCUT2D eigenvalue weighted by Gasteiger charge is 2.04. The molecular weight excluding hydrogens is 166 g/mol. The predicted molar refractivity (Wildman–Crippen MR) is 43.7 cm³/mol. The molecule has 0 radical (unpaired) electrons. The van der Waals surface area contributed by atoms with Crippen LogP contribution < -0.4 is 4.72 Å². The van der Waals surface area contributed by atoms with Crippen LogP contribution in [0.5, 0.6) is 0 Å². The van der Waals surface area contributed by atoms with Gasteiger partial charge < -0.3 is 5.11 Å². The average molecular weight is 179 g/mol. The highest BCUT2D eigenvalue weighted by atomic mass is 32.2. The quantitative estimate of drug-likeness (QED) is 0.425. The molecule has 66 valence electrons. The van der Waals surface area contributed by atoms with Crippen LogP contribution in [-0.4, -0.2) is 32.4 Å². The summed E-state index contributed by atoms with van der Waals surface area (Å²) >= 11 is 0. The van der Waals surface area contributed by atoms with Crippen molar-refractivity contribution in [3.8, 4) is 0 Å². The van der Waals surface area contributed by atoms with Crippen LogP contribution in [0.4, 0.5) is 0 Å². The van der Waals surface area contributed by atoms with E-state index in [2.05, 4.69) is 11.3 Å². The van der Waals surface area contributed by atoms with Crippen LogP contribution in [0, 0.1) is 0 Å². The molecular formula is C6H13NO3S. The van der Waals surface area contributed by atoms with Crippen LogP contribution >= 0.6 is 0 Å². The molecule has 0 aliphatic rings. The Morgan fingerprint density at radius 1 is 1.55 bits per heavy atom. The molecule has 0 aromatic rings. The molecule has 0 aromatic carbocycles. The van der Waals surface area contributed by atoms with Crippen molar-refractivity contribution >= 4 is 10.0 Å². The number of rotatable bonds is 6. The van der Waals surface area contributed by atoms with Crippen LogP contribution in [-0.2, 0) is 10.0 Å². The maximum absolute atomic E-state index is 10.8. The summed E-state index contributed by atoms with van der Waals surface area (Å²) in [5.74, 6) is -0.0710. The van der Waals surface area contributed by atoms with E-state index in [1.165, 1.54) is 6.08 Å². The van der Waals surface area contributed by atoms with Crippen LogP contribution in [0.1, 0.15) is 6.42 Å². The van der Waals surface area contributed by atoms with Crippen molar-refractivity contribution in [1.82, 2.24) is 4.72 Å². The molecule has 0 atom stereocenters. The fourth-order valence-electron chi connectivity index (χ4n) is 0.521. The van der Waals surface area contributed by atoms with Crippen molar-refractivity contribution in [1.29, 1.82) is 0 Å². The summed E-state index contributed by atoms with van der Waals surface area (Å²) in [6.07, 6.45) is 1.76. The Bertz CT molecular complexity index is 198. The van der Waals surface area contributed by atoms with E-state index >= 15 is 0 Å². The lowest BCUT2D eigenvalue weighted by Gasteiger charge is -2.01. The molecule has 0 aliphatic heterocycles. The number of sulfonamides is 1. The molecule has 4 nitrogen and oxygen atoms in total. The van der Waals surface area contributed by atoms with Crippen molar-refractivity contribution in [2.75, 3.05) is 18.9 Å². The number of aliphatic hydroxyl groups excluding tert-OH is 1. The van der Waals surface area contributed by atoms with Crippen molar-refractivity contribution in [3.05, 3.63) is 12.7 Å². The van der Waals surface area contributed by atoms with Gasteiger partial charge in [0.2, 0.25) is 10.0 Å². The second-order valence-corrected chi connectivity index (χ2v) is 3.89. The van der Waals surface area contributed by atoms with E-state index in [0.29, 0.717) is 6.42 Å². The first-order valence-electron chi connectivity index (χ1n) is 3.31. The molecule has 0 saturated heterocycles. The molecule has 5 heteroatoms. The average Bonchev–Trinajstić information content (AvgIpc) is 1.87. The summed E-state index contributed by atoms with van der Waals surface area (Å²) in [6, 6.07) is 0. The van der Waals surface area contributed by atoms with E-state index < -0.39 is 10.0 Å². The van der Waals surface area contributed by atoms with Gasteiger partial charge in [0.05, 0.1) is 5.75 Å². The molecule has 0 fully saturated rings. The molecule has 0 bridgehead atoms. The molecule has 0 heterocycles. The first kappa shape index (κ1) is 10.6. The highest BCUT2D eigenvalue weighted by Crippen LogP contribution is 1.84. The smallest absolute Gasteiger partial charge is 0.215 e. The van der Waals surface area contributed by atoms with Gasteiger partial charge in [-0.05, 0) is 6.42 Å². The third-order valence-corrected chi connectivity index (χ3v) is 2.31. The summed E-state index contributed by atoms with van der Waals surface area (Å²) in [4.78, 5) is 0. The lowest BCUT2D eigenvalue weighted by atomic mass is 10.5. The van der Waals surface area contributed by atoms with Gasteiger partial charge in [0.15, 0.2) is 0 Å². The SMILES string of the molecule is C=CCS(=O)(=O)NCCCO. The molecule has 0 unspecified atom stereocenters. The number of hydrogen-bond donors (Lipinski definition) is 2. The first-order chi connectivity index (χ1) is 5.12. The minimum absolute atomic E-state index is 0.00336. The lowest BCUT2D eigenvalue weighted by molar-refractivity contribution is 0.289. The number of nitrogens with one attached hydrogen (secondary N) is 1. The van der Waals surface area contributed by atoms with Crippen molar-refractivity contribution in [2.45, 2.75) is 6.42 Å². The van der Waals surface area contributed by atoms with E-state index in [1.54, 1.807) is 0 Å². The topological polar surface area (TPSA) is 66.4 Å². The van der Waals surface area contributed by atoms with E-state index in [1.807, 2.05) is 0 Å². The molecule has 0 aliphatic carbocycles. The van der Waals surface area contributed by atoms with Crippen LogP contribution in [0.3, 0.4) is 0 Å². The van der Waals surface area contributed by atoms with Gasteiger partial charge in [-0.15, -0.1) is 6.58 Å². The molecule has 0 amide bonds. The zero-order valence-corrected chi connectivity index (χ0v) is 7.10. The van der Waals surface area contributed by atoms with E-state index in [-0.39, 0.29) is 18.9 Å². The van der Waals surface area contributed by atoms with Gasteiger partial charge in [-0.25, -0.2) is 13.1 Å². The molecule has 2 N–H and O–H groups in total. The van der Waals surface area contributed by atoms with E-state index in [9.17, 15) is 8.42 Å². The summed E-state index contributed by atoms with van der Waals surface area (Å²) in [5.41, 5.74) is 0. The number of aliphatic hydroxyl groups is 1. The van der Waals surface area contributed by atoms with Gasteiger partial charge in [0.25, 0.3) is 0 Å². The normalized spacial score (nSPS) is 11.4. The lowest BCUT2D eigenvalue weighted by Crippen LogP contribution is -2.26. The largest absolute Gasteiger partial charge is 0.396 e. The summed E-state index contributed by atoms with van der Waals surface area (Å²) in [7, 11) is -3.18. The molecule has 0 saturated carbocycles. The van der Waals surface area contributed by atoms with Gasteiger partial charge in [0.1, 0.15) is 0 Å². The fourth-order valence-corrected chi connectivity index (χ4v) is 1.40. The molecule has 0 aromatic heterocycles. The monoisotopic (exact) mass is 179 g/mol. The summed E-state index contributed by atoms with van der Waals surface area (Å²) in [5, 5.41) is 8.34. The van der Waals surface area contributed by atoms with Crippen molar-refractivity contribution in [3.63, 3.8) is 0 Å². The Morgan fingerprint density at radius 2 is 2.18 bits per heavy atom. The van der Waals surface area contributed by atoms with Crippen LogP contribution in [0.25, 0.3) is 0 Å². The van der Waals surface area contributed by atoms with Gasteiger partial charge >= 0.3 is 0 Å². The predicted octanol–water partition coefficient (Wildman–Crippen LogP) is -0.526. The molecule has 0 rings (SSSR count). The van der Waals surface area contributed by atoms with Gasteiger partial charge in [-0.2, -0.15) is 0 Å². The Kier molecular flexibility index (Phi) is 5.10. The fraction of sp³-hybridized carbons (Fsp3) is 0.667. The first-order valence-corrected chi connectivity index (χ1v) is 4.96. The maximum atomic E-state index is 10.8. The molecule has 0 spiro atoms. The standard InChI is InChI=1S/C6H13NO3S/c1-2-6-11(9,10)7-4-3-5-8/h2,7-8H,1,3-6H2. The van der Waals surface area contributed by atoms with Crippen molar-refractivity contribution in [2.24, 2.45) is 0 Å². The van der Waals surface area contributed by atoms with Crippen LogP contribution in [0.2, 0.25) is 0 Å². The maximum Gasteiger partial charge on any atom is 0.215 e. The van der Waals surface area contributed by atoms with E-state index in [4.69, 9.17) is 5.11 Å². The van der Waals surface area contributed by atoms with Gasteiger partial charge in [-0.1, -0.05) is 6.08 Å². The third kappa shape index (κ3) is 6.03. The number of hydrogen-bond acceptors (Lipinski definition) is 3. The van der Waals surface area contributed by atoms with Crippen molar-refractivity contribution < 1.29 is 13.5 Å². The third-order valence-electron chi connectivity index (χ3n) is 0.994. The highest BCUT2D eigenvalue weighted by molar-refractivity contribution is 7.89. The Balaban J connectivity index is 3.65. The molecule has 11 heavy (non-hydrogen) atoms. The van der Waals surface area contributed by atoms with Crippen LogP contribution in [0.15, 0.2) is 12.7 Å². The zero-order chi connectivity index (χ0) is 8.74. The Labute approximate surface area is 67.0 Å². The van der Waals surface area contributed by atoms with Gasteiger partial charge in [0, 0.05) is 13.2 Å². The second kappa shape index (κ2) is 5.29. The summed E-state index contributed by atoms with van der Waals surface area (Å²) in [6.45, 7) is 3.59. The van der Waals surface area contributed by atoms with E-state index in [0.717, 1.165) is 0 Å². The summed E-state index contributed by atoms with van der Waals surface area (Å²) < 4.78 is 24.0.